The summed E-state index contributed by atoms with van der Waals surface area (Å²) in [6.45, 7) is 4.31. The van der Waals surface area contributed by atoms with Crippen molar-refractivity contribution in [2.45, 2.75) is 13.8 Å². The van der Waals surface area contributed by atoms with E-state index >= 15 is 0 Å². The van der Waals surface area contributed by atoms with Gasteiger partial charge < -0.3 is 10.1 Å². The Hall–Kier alpha value is -2.00. The minimum atomic E-state index is -0.231. The molecule has 0 aliphatic heterocycles. The molecule has 0 saturated heterocycles. The third kappa shape index (κ3) is 3.31. The van der Waals surface area contributed by atoms with E-state index in [1.54, 1.807) is 18.2 Å². The van der Waals surface area contributed by atoms with Gasteiger partial charge in [0.15, 0.2) is 0 Å². The molecule has 1 N–H and O–H groups in total. The summed E-state index contributed by atoms with van der Waals surface area (Å²) in [5, 5.41) is 3.38. The van der Waals surface area contributed by atoms with Crippen LogP contribution in [0, 0.1) is 6.92 Å². The molecule has 1 amide bonds. The molecule has 4 heteroatoms. The van der Waals surface area contributed by atoms with Crippen LogP contribution in [0.3, 0.4) is 0 Å². The monoisotopic (exact) mass is 289 g/mol. The summed E-state index contributed by atoms with van der Waals surface area (Å²) in [5.74, 6) is 0.299. The fourth-order valence-corrected chi connectivity index (χ4v) is 2.04. The van der Waals surface area contributed by atoms with Crippen molar-refractivity contribution in [3.05, 3.63) is 58.6 Å². The molecular weight excluding hydrogens is 274 g/mol. The van der Waals surface area contributed by atoms with E-state index < -0.39 is 0 Å². The van der Waals surface area contributed by atoms with Gasteiger partial charge in [-0.3, -0.25) is 4.79 Å². The molecule has 2 aromatic carbocycles. The molecule has 0 bridgehead atoms. The van der Waals surface area contributed by atoms with Crippen LogP contribution in [-0.4, -0.2) is 12.5 Å². The highest BCUT2D eigenvalue weighted by Crippen LogP contribution is 2.24. The summed E-state index contributed by atoms with van der Waals surface area (Å²) in [5.41, 5.74) is 2.21. The second kappa shape index (κ2) is 6.44. The highest BCUT2D eigenvalue weighted by atomic mass is 35.5. The number of nitrogens with one attached hydrogen (secondary N) is 1. The quantitative estimate of drug-likeness (QED) is 0.911. The van der Waals surface area contributed by atoms with E-state index in [2.05, 4.69) is 5.32 Å². The molecule has 0 radical (unpaired) electrons. The van der Waals surface area contributed by atoms with Crippen LogP contribution in [0.15, 0.2) is 42.5 Å². The molecule has 0 aliphatic carbocycles. The Bertz CT molecular complexity index is 626. The number of halogens is 1. The van der Waals surface area contributed by atoms with E-state index in [0.29, 0.717) is 22.9 Å². The lowest BCUT2D eigenvalue weighted by molar-refractivity contribution is 0.102. The number of amides is 1. The van der Waals surface area contributed by atoms with Crippen molar-refractivity contribution >= 4 is 23.2 Å². The van der Waals surface area contributed by atoms with Crippen molar-refractivity contribution in [3.8, 4) is 5.75 Å². The average molecular weight is 290 g/mol. The van der Waals surface area contributed by atoms with Gasteiger partial charge in [-0.25, -0.2) is 0 Å². The lowest BCUT2D eigenvalue weighted by Gasteiger charge is -2.12. The Labute approximate surface area is 123 Å². The van der Waals surface area contributed by atoms with Gasteiger partial charge in [-0.1, -0.05) is 29.8 Å². The van der Waals surface area contributed by atoms with Gasteiger partial charge in [0.25, 0.3) is 5.91 Å². The van der Waals surface area contributed by atoms with Gasteiger partial charge in [-0.2, -0.15) is 0 Å². The maximum atomic E-state index is 12.4. The largest absolute Gasteiger partial charge is 0.493 e. The molecule has 0 fully saturated rings. The summed E-state index contributed by atoms with van der Waals surface area (Å²) in [4.78, 5) is 12.4. The highest BCUT2D eigenvalue weighted by molar-refractivity contribution is 6.31. The number of anilines is 1. The second-order valence-corrected chi connectivity index (χ2v) is 4.78. The number of aryl methyl sites for hydroxylation is 1. The number of carbonyl (C=O) groups is 1. The predicted octanol–water partition coefficient (Wildman–Crippen LogP) is 4.30. The smallest absolute Gasteiger partial charge is 0.259 e. The normalized spacial score (nSPS) is 10.2. The number of hydrogen-bond donors (Lipinski definition) is 1. The van der Waals surface area contributed by atoms with Gasteiger partial charge in [-0.15, -0.1) is 0 Å². The number of benzene rings is 2. The van der Waals surface area contributed by atoms with Crippen LogP contribution in [0.4, 0.5) is 5.69 Å². The Morgan fingerprint density at radius 3 is 2.70 bits per heavy atom. The SMILES string of the molecule is CCOc1ccc(Cl)cc1C(=O)Nc1ccccc1C. The molecule has 0 aromatic heterocycles. The van der Waals surface area contributed by atoms with Crippen LogP contribution in [0.1, 0.15) is 22.8 Å². The van der Waals surface area contributed by atoms with Crippen LogP contribution in [0.2, 0.25) is 5.02 Å². The summed E-state index contributed by atoms with van der Waals surface area (Å²) >= 11 is 5.96. The van der Waals surface area contributed by atoms with Crippen molar-refractivity contribution < 1.29 is 9.53 Å². The van der Waals surface area contributed by atoms with Crippen molar-refractivity contribution in [1.29, 1.82) is 0 Å². The number of rotatable bonds is 4. The third-order valence-electron chi connectivity index (χ3n) is 2.88. The molecule has 0 heterocycles. The van der Waals surface area contributed by atoms with E-state index in [1.807, 2.05) is 38.1 Å². The lowest BCUT2D eigenvalue weighted by Crippen LogP contribution is -2.14. The molecule has 2 aromatic rings. The minimum Gasteiger partial charge on any atom is -0.493 e. The third-order valence-corrected chi connectivity index (χ3v) is 3.11. The maximum absolute atomic E-state index is 12.4. The Kier molecular flexibility index (Phi) is 4.64. The first-order valence-corrected chi connectivity index (χ1v) is 6.79. The van der Waals surface area contributed by atoms with Gasteiger partial charge >= 0.3 is 0 Å². The van der Waals surface area contributed by atoms with Gasteiger partial charge in [0.2, 0.25) is 0 Å². The zero-order valence-corrected chi connectivity index (χ0v) is 12.2. The first-order chi connectivity index (χ1) is 9.61. The first kappa shape index (κ1) is 14.4. The summed E-state index contributed by atoms with van der Waals surface area (Å²) in [6, 6.07) is 12.6. The number of ether oxygens (including phenoxy) is 1. The minimum absolute atomic E-state index is 0.231. The molecule has 2 rings (SSSR count). The van der Waals surface area contributed by atoms with Gasteiger partial charge in [0.05, 0.1) is 12.2 Å². The van der Waals surface area contributed by atoms with Crippen LogP contribution >= 0.6 is 11.6 Å². The molecule has 0 atom stereocenters. The molecule has 0 aliphatic rings. The Morgan fingerprint density at radius 2 is 2.00 bits per heavy atom. The van der Waals surface area contributed by atoms with Gasteiger partial charge in [0, 0.05) is 10.7 Å². The highest BCUT2D eigenvalue weighted by Gasteiger charge is 2.14. The van der Waals surface area contributed by atoms with Crippen LogP contribution < -0.4 is 10.1 Å². The fraction of sp³-hybridized carbons (Fsp3) is 0.188. The van der Waals surface area contributed by atoms with Gasteiger partial charge in [-0.05, 0) is 43.7 Å². The molecule has 0 spiro atoms. The summed E-state index contributed by atoms with van der Waals surface area (Å²) in [6.07, 6.45) is 0. The van der Waals surface area contributed by atoms with Crippen LogP contribution in [-0.2, 0) is 0 Å². The van der Waals surface area contributed by atoms with Crippen molar-refractivity contribution in [1.82, 2.24) is 0 Å². The van der Waals surface area contributed by atoms with Crippen molar-refractivity contribution in [3.63, 3.8) is 0 Å². The average Bonchev–Trinajstić information content (AvgIpc) is 2.43. The summed E-state index contributed by atoms with van der Waals surface area (Å²) < 4.78 is 5.46. The summed E-state index contributed by atoms with van der Waals surface area (Å²) in [7, 11) is 0. The maximum Gasteiger partial charge on any atom is 0.259 e. The van der Waals surface area contributed by atoms with Crippen LogP contribution in [0.25, 0.3) is 0 Å². The Morgan fingerprint density at radius 1 is 1.25 bits per heavy atom. The molecule has 3 nitrogen and oxygen atoms in total. The Balaban J connectivity index is 2.29. The molecule has 20 heavy (non-hydrogen) atoms. The molecule has 0 saturated carbocycles. The van der Waals surface area contributed by atoms with E-state index in [9.17, 15) is 4.79 Å². The lowest BCUT2D eigenvalue weighted by atomic mass is 10.1. The van der Waals surface area contributed by atoms with E-state index in [0.717, 1.165) is 11.3 Å². The second-order valence-electron chi connectivity index (χ2n) is 4.34. The van der Waals surface area contributed by atoms with Gasteiger partial charge in [0.1, 0.15) is 5.75 Å². The fourth-order valence-electron chi connectivity index (χ4n) is 1.86. The van der Waals surface area contributed by atoms with E-state index in [4.69, 9.17) is 16.3 Å². The number of carbonyl (C=O) groups excluding carboxylic acids is 1. The van der Waals surface area contributed by atoms with E-state index in [-0.39, 0.29) is 5.91 Å². The molecule has 104 valence electrons. The standard InChI is InChI=1S/C16H16ClNO2/c1-3-20-15-9-8-12(17)10-13(15)16(19)18-14-7-5-4-6-11(14)2/h4-10H,3H2,1-2H3,(H,18,19). The van der Waals surface area contributed by atoms with Crippen LogP contribution in [0.5, 0.6) is 5.75 Å². The zero-order chi connectivity index (χ0) is 14.5. The number of para-hydroxylation sites is 1. The van der Waals surface area contributed by atoms with Crippen molar-refractivity contribution in [2.75, 3.05) is 11.9 Å². The topological polar surface area (TPSA) is 38.3 Å². The van der Waals surface area contributed by atoms with E-state index in [1.165, 1.54) is 0 Å². The number of hydrogen-bond acceptors (Lipinski definition) is 2. The zero-order valence-electron chi connectivity index (χ0n) is 11.4. The van der Waals surface area contributed by atoms with Crippen molar-refractivity contribution in [2.24, 2.45) is 0 Å². The first-order valence-electron chi connectivity index (χ1n) is 6.41. The predicted molar refractivity (Wildman–Crippen MR) is 81.8 cm³/mol. The molecule has 0 unspecified atom stereocenters. The molecular formula is C16H16ClNO2.